The Hall–Kier alpha value is -4.66. The molecule has 0 aliphatic rings. The minimum absolute atomic E-state index is 0.314. The van der Waals surface area contributed by atoms with Gasteiger partial charge in [-0.3, -0.25) is 4.79 Å². The normalized spacial score (nSPS) is 10.9. The first-order chi connectivity index (χ1) is 20.1. The van der Waals surface area contributed by atoms with Gasteiger partial charge in [0.1, 0.15) is 6.61 Å². The van der Waals surface area contributed by atoms with Gasteiger partial charge in [0.15, 0.2) is 16.6 Å². The Morgan fingerprint density at radius 3 is 2.49 bits per heavy atom. The molecule has 7 nitrogen and oxygen atoms in total. The second kappa shape index (κ2) is 13.6. The van der Waals surface area contributed by atoms with Crippen LogP contribution in [0.5, 0.6) is 11.5 Å². The zero-order chi connectivity index (χ0) is 28.4. The predicted octanol–water partition coefficient (Wildman–Crippen LogP) is 7.95. The second-order valence-corrected chi connectivity index (χ2v) is 10.2. The number of nitrogens with one attached hydrogen (secondary N) is 2. The van der Waals surface area contributed by atoms with Gasteiger partial charge in [0.05, 0.1) is 18.5 Å². The molecule has 206 valence electrons. The van der Waals surface area contributed by atoms with Crippen molar-refractivity contribution >= 4 is 45.9 Å². The highest BCUT2D eigenvalue weighted by atomic mass is 35.5. The van der Waals surface area contributed by atoms with E-state index in [0.29, 0.717) is 35.3 Å². The minimum atomic E-state index is -0.314. The van der Waals surface area contributed by atoms with Crippen molar-refractivity contribution in [1.29, 1.82) is 0 Å². The lowest BCUT2D eigenvalue weighted by Gasteiger charge is -2.12. The van der Waals surface area contributed by atoms with Gasteiger partial charge < -0.3 is 14.8 Å². The molecule has 1 amide bonds. The van der Waals surface area contributed by atoms with Crippen LogP contribution in [0.4, 0.5) is 10.8 Å². The van der Waals surface area contributed by atoms with Crippen molar-refractivity contribution in [1.82, 2.24) is 10.4 Å². The minimum Gasteiger partial charge on any atom is -0.490 e. The van der Waals surface area contributed by atoms with Crippen LogP contribution < -0.4 is 20.2 Å². The van der Waals surface area contributed by atoms with Crippen LogP contribution >= 0.6 is 22.9 Å². The van der Waals surface area contributed by atoms with Crippen molar-refractivity contribution in [3.63, 3.8) is 0 Å². The number of hydrogen-bond acceptors (Lipinski definition) is 7. The molecule has 0 aliphatic heterocycles. The Morgan fingerprint density at radius 2 is 1.73 bits per heavy atom. The number of halogens is 1. The van der Waals surface area contributed by atoms with E-state index in [0.717, 1.165) is 33.2 Å². The van der Waals surface area contributed by atoms with Crippen LogP contribution in [-0.4, -0.2) is 23.7 Å². The number of ether oxygens (including phenoxy) is 2. The van der Waals surface area contributed by atoms with Crippen LogP contribution in [0.1, 0.15) is 28.4 Å². The van der Waals surface area contributed by atoms with Crippen molar-refractivity contribution in [2.45, 2.75) is 13.5 Å². The molecule has 0 saturated heterocycles. The summed E-state index contributed by atoms with van der Waals surface area (Å²) in [4.78, 5) is 17.3. The van der Waals surface area contributed by atoms with E-state index < -0.39 is 0 Å². The van der Waals surface area contributed by atoms with Gasteiger partial charge in [0.25, 0.3) is 5.91 Å². The average molecular weight is 583 g/mol. The Bertz CT molecular complexity index is 1620. The van der Waals surface area contributed by atoms with E-state index in [1.807, 2.05) is 97.2 Å². The number of amides is 1. The van der Waals surface area contributed by atoms with Crippen molar-refractivity contribution in [3.8, 4) is 22.8 Å². The van der Waals surface area contributed by atoms with Crippen molar-refractivity contribution in [3.05, 3.63) is 124 Å². The standard InChI is InChI=1S/C32H27ClN4O3S/c1-2-39-30-18-23(10-17-29(30)40-20-22-8-15-26(33)16-9-22)19-34-37-31(38)25-13-11-24(12-14-25)28-21-41-32(36-28)35-27-6-4-3-5-7-27/h3-19,21H,2,20H2,1H3,(H,35,36)(H,37,38)/b34-19-. The molecular formula is C32H27ClN4O3S. The molecule has 4 aromatic carbocycles. The lowest BCUT2D eigenvalue weighted by atomic mass is 10.1. The van der Waals surface area contributed by atoms with Crippen LogP contribution in [0.15, 0.2) is 108 Å². The number of hydrazone groups is 1. The number of benzene rings is 4. The van der Waals surface area contributed by atoms with Crippen molar-refractivity contribution in [2.75, 3.05) is 11.9 Å². The fourth-order valence-corrected chi connectivity index (χ4v) is 4.73. The monoisotopic (exact) mass is 582 g/mol. The largest absolute Gasteiger partial charge is 0.490 e. The SMILES string of the molecule is CCOc1cc(/C=N\NC(=O)c2ccc(-c3csc(Nc4ccccc4)n3)cc2)ccc1OCc1ccc(Cl)cc1. The molecule has 0 atom stereocenters. The summed E-state index contributed by atoms with van der Waals surface area (Å²) in [5, 5.41) is 10.9. The third-order valence-corrected chi connectivity index (χ3v) is 6.94. The average Bonchev–Trinajstić information content (AvgIpc) is 3.47. The maximum absolute atomic E-state index is 12.7. The van der Waals surface area contributed by atoms with E-state index in [1.54, 1.807) is 18.3 Å². The van der Waals surface area contributed by atoms with Crippen LogP contribution in [0, 0.1) is 0 Å². The topological polar surface area (TPSA) is 84.8 Å². The molecule has 2 N–H and O–H groups in total. The first kappa shape index (κ1) is 27.9. The summed E-state index contributed by atoms with van der Waals surface area (Å²) in [6, 6.07) is 30.1. The van der Waals surface area contributed by atoms with E-state index in [2.05, 4.69) is 20.8 Å². The third-order valence-electron chi connectivity index (χ3n) is 5.93. The van der Waals surface area contributed by atoms with Crippen LogP contribution in [-0.2, 0) is 6.61 Å². The first-order valence-corrected chi connectivity index (χ1v) is 14.2. The number of thiazole rings is 1. The zero-order valence-corrected chi connectivity index (χ0v) is 23.8. The summed E-state index contributed by atoms with van der Waals surface area (Å²) >= 11 is 7.48. The second-order valence-electron chi connectivity index (χ2n) is 8.86. The van der Waals surface area contributed by atoms with E-state index in [4.69, 9.17) is 21.1 Å². The maximum atomic E-state index is 12.7. The zero-order valence-electron chi connectivity index (χ0n) is 22.2. The predicted molar refractivity (Wildman–Crippen MR) is 166 cm³/mol. The number of nitrogens with zero attached hydrogens (tertiary/aromatic N) is 2. The highest BCUT2D eigenvalue weighted by Gasteiger charge is 2.09. The summed E-state index contributed by atoms with van der Waals surface area (Å²) in [6.45, 7) is 2.77. The quantitative estimate of drug-likeness (QED) is 0.122. The summed E-state index contributed by atoms with van der Waals surface area (Å²) in [7, 11) is 0. The highest BCUT2D eigenvalue weighted by molar-refractivity contribution is 7.14. The summed E-state index contributed by atoms with van der Waals surface area (Å²) in [6.07, 6.45) is 1.56. The van der Waals surface area contributed by atoms with E-state index in [-0.39, 0.29) is 5.91 Å². The lowest BCUT2D eigenvalue weighted by molar-refractivity contribution is 0.0955. The lowest BCUT2D eigenvalue weighted by Crippen LogP contribution is -2.17. The Labute approximate surface area is 247 Å². The number of carbonyl (C=O) groups is 1. The van der Waals surface area contributed by atoms with E-state index in [1.165, 1.54) is 11.3 Å². The number of carbonyl (C=O) groups excluding carboxylic acids is 1. The highest BCUT2D eigenvalue weighted by Crippen LogP contribution is 2.29. The smallest absolute Gasteiger partial charge is 0.271 e. The molecule has 41 heavy (non-hydrogen) atoms. The number of para-hydroxylation sites is 1. The van der Waals surface area contributed by atoms with E-state index >= 15 is 0 Å². The molecule has 9 heteroatoms. The van der Waals surface area contributed by atoms with Gasteiger partial charge in [0, 0.05) is 27.2 Å². The van der Waals surface area contributed by atoms with Gasteiger partial charge >= 0.3 is 0 Å². The molecule has 0 saturated carbocycles. The third kappa shape index (κ3) is 7.72. The Balaban J connectivity index is 1.17. The number of aromatic nitrogens is 1. The molecule has 0 aliphatic carbocycles. The molecule has 0 bridgehead atoms. The van der Waals surface area contributed by atoms with Crippen molar-refractivity contribution in [2.24, 2.45) is 5.10 Å². The van der Waals surface area contributed by atoms with Gasteiger partial charge in [-0.15, -0.1) is 11.3 Å². The molecule has 5 rings (SSSR count). The van der Waals surface area contributed by atoms with Gasteiger partial charge in [-0.25, -0.2) is 10.4 Å². The Kier molecular flexibility index (Phi) is 9.26. The van der Waals surface area contributed by atoms with E-state index in [9.17, 15) is 4.79 Å². The molecule has 0 unspecified atom stereocenters. The van der Waals surface area contributed by atoms with Crippen LogP contribution in [0.3, 0.4) is 0 Å². The molecule has 0 fully saturated rings. The summed E-state index contributed by atoms with van der Waals surface area (Å²) < 4.78 is 11.7. The van der Waals surface area contributed by atoms with Gasteiger partial charge in [-0.1, -0.05) is 54.1 Å². The Morgan fingerprint density at radius 1 is 0.951 bits per heavy atom. The molecule has 0 spiro atoms. The fourth-order valence-electron chi connectivity index (χ4n) is 3.87. The number of rotatable bonds is 11. The number of anilines is 2. The van der Waals surface area contributed by atoms with Crippen LogP contribution in [0.25, 0.3) is 11.3 Å². The molecular weight excluding hydrogens is 556 g/mol. The van der Waals surface area contributed by atoms with Crippen LogP contribution in [0.2, 0.25) is 5.02 Å². The molecule has 5 aromatic rings. The van der Waals surface area contributed by atoms with Crippen molar-refractivity contribution < 1.29 is 14.3 Å². The van der Waals surface area contributed by atoms with Gasteiger partial charge in [-0.05, 0) is 72.6 Å². The fraction of sp³-hybridized carbons (Fsp3) is 0.0938. The van der Waals surface area contributed by atoms with Gasteiger partial charge in [-0.2, -0.15) is 5.10 Å². The molecule has 1 aromatic heterocycles. The molecule has 1 heterocycles. The molecule has 0 radical (unpaired) electrons. The summed E-state index contributed by atoms with van der Waals surface area (Å²) in [5.74, 6) is 0.896. The number of hydrogen-bond donors (Lipinski definition) is 2. The maximum Gasteiger partial charge on any atom is 0.271 e. The first-order valence-electron chi connectivity index (χ1n) is 12.9. The van der Waals surface area contributed by atoms with Gasteiger partial charge in [0.2, 0.25) is 0 Å². The summed E-state index contributed by atoms with van der Waals surface area (Å²) in [5.41, 5.74) is 7.56.